The van der Waals surface area contributed by atoms with E-state index in [4.69, 9.17) is 4.74 Å². The molecule has 1 aliphatic heterocycles. The number of nitrogens with zero attached hydrogens (tertiary/aromatic N) is 4. The van der Waals surface area contributed by atoms with E-state index in [1.54, 1.807) is 18.5 Å². The van der Waals surface area contributed by atoms with Crippen LogP contribution in [0.25, 0.3) is 22.2 Å². The Bertz CT molecular complexity index is 1180. The van der Waals surface area contributed by atoms with Gasteiger partial charge in [0.05, 0.1) is 37.0 Å². The summed E-state index contributed by atoms with van der Waals surface area (Å²) in [7, 11) is 0. The van der Waals surface area contributed by atoms with Crippen LogP contribution in [0.5, 0.6) is 0 Å². The number of aromatic nitrogens is 5. The topological polar surface area (TPSA) is 110 Å². The summed E-state index contributed by atoms with van der Waals surface area (Å²) in [4.78, 5) is 16.7. The first kappa shape index (κ1) is 18.3. The highest BCUT2D eigenvalue weighted by molar-refractivity contribution is 5.95. The maximum Gasteiger partial charge on any atom is 0.320 e. The molecule has 2 amide bonds. The molecule has 0 bridgehead atoms. The molecule has 0 aliphatic carbocycles. The quantitative estimate of drug-likeness (QED) is 0.474. The van der Waals surface area contributed by atoms with E-state index in [1.807, 2.05) is 48.1 Å². The number of ether oxygens (including phenoxy) is 1. The average molecular weight is 403 g/mol. The van der Waals surface area contributed by atoms with Gasteiger partial charge in [-0.25, -0.2) is 9.78 Å². The number of urea groups is 1. The molecule has 1 atom stereocenters. The Morgan fingerprint density at radius 1 is 1.27 bits per heavy atom. The van der Waals surface area contributed by atoms with Crippen molar-refractivity contribution in [1.82, 2.24) is 30.3 Å². The van der Waals surface area contributed by atoms with Gasteiger partial charge < -0.3 is 10.1 Å². The van der Waals surface area contributed by atoms with Gasteiger partial charge in [-0.05, 0) is 12.5 Å². The Balaban J connectivity index is 1.30. The van der Waals surface area contributed by atoms with Crippen molar-refractivity contribution in [2.45, 2.75) is 19.0 Å². The molecule has 30 heavy (non-hydrogen) atoms. The lowest BCUT2D eigenvalue weighted by Crippen LogP contribution is -2.31. The Hall–Kier alpha value is -3.72. The number of hydrogen-bond acceptors (Lipinski definition) is 5. The molecule has 1 saturated heterocycles. The van der Waals surface area contributed by atoms with Crippen LogP contribution < -0.4 is 10.6 Å². The monoisotopic (exact) mass is 403 g/mol. The number of benzene rings is 1. The highest BCUT2D eigenvalue weighted by Gasteiger charge is 2.22. The predicted octanol–water partition coefficient (Wildman–Crippen LogP) is 3.28. The van der Waals surface area contributed by atoms with E-state index >= 15 is 0 Å². The molecule has 152 valence electrons. The van der Waals surface area contributed by atoms with Gasteiger partial charge in [0.1, 0.15) is 11.5 Å². The number of H-pyrrole nitrogens is 1. The van der Waals surface area contributed by atoms with Crippen molar-refractivity contribution < 1.29 is 9.53 Å². The Morgan fingerprint density at radius 2 is 2.10 bits per heavy atom. The largest absolute Gasteiger partial charge is 0.377 e. The van der Waals surface area contributed by atoms with Crippen molar-refractivity contribution in [2.24, 2.45) is 0 Å². The van der Waals surface area contributed by atoms with E-state index in [9.17, 15) is 4.79 Å². The van der Waals surface area contributed by atoms with Crippen LogP contribution in [0.3, 0.4) is 0 Å². The number of nitrogens with one attached hydrogen (secondary N) is 3. The van der Waals surface area contributed by atoms with Gasteiger partial charge in [-0.2, -0.15) is 10.2 Å². The van der Waals surface area contributed by atoms with Crippen LogP contribution in [-0.4, -0.2) is 44.2 Å². The van der Waals surface area contributed by atoms with E-state index < -0.39 is 0 Å². The molecule has 1 unspecified atom stereocenters. The molecular weight excluding hydrogens is 382 g/mol. The Labute approximate surface area is 172 Å². The van der Waals surface area contributed by atoms with Crippen LogP contribution in [0.4, 0.5) is 10.6 Å². The van der Waals surface area contributed by atoms with E-state index in [0.717, 1.165) is 27.7 Å². The fourth-order valence-corrected chi connectivity index (χ4v) is 3.41. The lowest BCUT2D eigenvalue weighted by molar-refractivity contribution is -0.0286. The zero-order valence-electron chi connectivity index (χ0n) is 16.4. The van der Waals surface area contributed by atoms with Crippen LogP contribution in [0.15, 0.2) is 55.0 Å². The second-order valence-electron chi connectivity index (χ2n) is 7.32. The van der Waals surface area contributed by atoms with Crippen LogP contribution in [0.1, 0.15) is 24.6 Å². The van der Waals surface area contributed by atoms with Crippen LogP contribution >= 0.6 is 0 Å². The van der Waals surface area contributed by atoms with Gasteiger partial charge in [0.2, 0.25) is 0 Å². The van der Waals surface area contributed by atoms with Crippen LogP contribution in [-0.2, 0) is 4.74 Å². The summed E-state index contributed by atoms with van der Waals surface area (Å²) in [5, 5.41) is 18.4. The minimum atomic E-state index is -0.318. The zero-order valence-corrected chi connectivity index (χ0v) is 16.4. The standard InChI is InChI=1S/C21H21N7O2/c1-13(14-5-3-2-4-6-14)24-21(29)25-19-7-18-17(9-22-19)20(27-26-18)15-8-23-28(10-15)16-11-30-12-16/h2-10,13,16H,11-12H2,1H3,(H,26,27)(H2,22,24,25,29). The van der Waals surface area contributed by atoms with Gasteiger partial charge >= 0.3 is 6.03 Å². The van der Waals surface area contributed by atoms with Crippen molar-refractivity contribution in [3.05, 3.63) is 60.6 Å². The number of rotatable bonds is 5. The summed E-state index contributed by atoms with van der Waals surface area (Å²) in [5.41, 5.74) is 3.50. The fourth-order valence-electron chi connectivity index (χ4n) is 3.41. The molecule has 4 aromatic rings. The number of aromatic amines is 1. The lowest BCUT2D eigenvalue weighted by atomic mass is 10.1. The summed E-state index contributed by atoms with van der Waals surface area (Å²) < 4.78 is 7.12. The van der Waals surface area contributed by atoms with Crippen LogP contribution in [0.2, 0.25) is 0 Å². The third kappa shape index (κ3) is 3.50. The fraction of sp³-hybridized carbons (Fsp3) is 0.238. The van der Waals surface area contributed by atoms with E-state index in [0.29, 0.717) is 19.0 Å². The summed E-state index contributed by atoms with van der Waals surface area (Å²) in [6, 6.07) is 11.4. The smallest absolute Gasteiger partial charge is 0.320 e. The molecule has 0 radical (unpaired) electrons. The molecule has 1 aliphatic rings. The number of hydrogen-bond donors (Lipinski definition) is 3. The third-order valence-electron chi connectivity index (χ3n) is 5.21. The van der Waals surface area contributed by atoms with Crippen molar-refractivity contribution in [1.29, 1.82) is 0 Å². The molecular formula is C21H21N7O2. The molecule has 4 heterocycles. The number of carbonyl (C=O) groups is 1. The number of amides is 2. The first-order valence-corrected chi connectivity index (χ1v) is 9.76. The molecule has 9 heteroatoms. The minimum absolute atomic E-state index is 0.119. The molecule has 1 aromatic carbocycles. The molecule has 1 fully saturated rings. The van der Waals surface area contributed by atoms with Gasteiger partial charge in [0.15, 0.2) is 0 Å². The van der Waals surface area contributed by atoms with Crippen molar-refractivity contribution >= 4 is 22.8 Å². The van der Waals surface area contributed by atoms with Gasteiger partial charge in [-0.3, -0.25) is 15.1 Å². The highest BCUT2D eigenvalue weighted by atomic mass is 16.5. The first-order valence-electron chi connectivity index (χ1n) is 9.76. The molecule has 0 spiro atoms. The van der Waals surface area contributed by atoms with Crippen molar-refractivity contribution in [3.63, 3.8) is 0 Å². The highest BCUT2D eigenvalue weighted by Crippen LogP contribution is 2.28. The first-order chi connectivity index (χ1) is 14.7. The van der Waals surface area contributed by atoms with E-state index in [1.165, 1.54) is 0 Å². The molecule has 3 aromatic heterocycles. The number of pyridine rings is 1. The summed E-state index contributed by atoms with van der Waals surface area (Å²) in [6.45, 7) is 3.30. The summed E-state index contributed by atoms with van der Waals surface area (Å²) in [5.74, 6) is 0.442. The SMILES string of the molecule is CC(NC(=O)Nc1cc2[nH]nc(-c3cnn(C4COC4)c3)c2cn1)c1ccccc1. The van der Waals surface area contributed by atoms with Crippen molar-refractivity contribution in [3.8, 4) is 11.3 Å². The second-order valence-corrected chi connectivity index (χ2v) is 7.32. The van der Waals surface area contributed by atoms with E-state index in [2.05, 4.69) is 30.9 Å². The predicted molar refractivity (Wildman–Crippen MR) is 112 cm³/mol. The lowest BCUT2D eigenvalue weighted by Gasteiger charge is -2.25. The van der Waals surface area contributed by atoms with E-state index in [-0.39, 0.29) is 18.1 Å². The zero-order chi connectivity index (χ0) is 20.5. The minimum Gasteiger partial charge on any atom is -0.377 e. The molecule has 0 saturated carbocycles. The average Bonchev–Trinajstić information content (AvgIpc) is 3.34. The number of carbonyl (C=O) groups excluding carboxylic acids is 1. The molecule has 5 rings (SSSR count). The van der Waals surface area contributed by atoms with Gasteiger partial charge in [0, 0.05) is 29.4 Å². The van der Waals surface area contributed by atoms with Gasteiger partial charge in [-0.1, -0.05) is 30.3 Å². The molecule has 9 nitrogen and oxygen atoms in total. The number of fused-ring (bicyclic) bond motifs is 1. The maximum atomic E-state index is 12.4. The van der Waals surface area contributed by atoms with Gasteiger partial charge in [0.25, 0.3) is 0 Å². The van der Waals surface area contributed by atoms with Gasteiger partial charge in [-0.15, -0.1) is 0 Å². The Morgan fingerprint density at radius 3 is 2.87 bits per heavy atom. The maximum absolute atomic E-state index is 12.4. The second kappa shape index (κ2) is 7.60. The normalized spacial score (nSPS) is 15.0. The van der Waals surface area contributed by atoms with Crippen molar-refractivity contribution in [2.75, 3.05) is 18.5 Å². The number of anilines is 1. The summed E-state index contributed by atoms with van der Waals surface area (Å²) >= 11 is 0. The third-order valence-corrected chi connectivity index (χ3v) is 5.21. The van der Waals surface area contributed by atoms with Crippen LogP contribution in [0, 0.1) is 0 Å². The summed E-state index contributed by atoms with van der Waals surface area (Å²) in [6.07, 6.45) is 5.46. The molecule has 3 N–H and O–H groups in total. The Kier molecular flexibility index (Phi) is 4.64.